The highest BCUT2D eigenvalue weighted by atomic mass is 16.3. The molecule has 0 N–H and O–H groups in total. The van der Waals surface area contributed by atoms with Crippen molar-refractivity contribution in [2.24, 2.45) is 14.1 Å². The molecule has 94 valence electrons. The average molecular weight is 251 g/mol. The van der Waals surface area contributed by atoms with Crippen LogP contribution < -0.4 is 4.57 Å². The van der Waals surface area contributed by atoms with E-state index in [1.807, 2.05) is 12.1 Å². The molecule has 0 fully saturated rings. The summed E-state index contributed by atoms with van der Waals surface area (Å²) in [6, 6.07) is 12.6. The van der Waals surface area contributed by atoms with Crippen LogP contribution in [-0.2, 0) is 14.1 Å². The SMILES string of the molecule is Cc1n(C)c2cc3c(cc2[n+]1C)oc1ccccc13. The summed E-state index contributed by atoms with van der Waals surface area (Å²) in [5.74, 6) is 1.23. The highest BCUT2D eigenvalue weighted by Crippen LogP contribution is 2.31. The molecule has 3 heteroatoms. The highest BCUT2D eigenvalue weighted by molar-refractivity contribution is 6.08. The first-order valence-electron chi connectivity index (χ1n) is 6.43. The predicted molar refractivity (Wildman–Crippen MR) is 76.1 cm³/mol. The molecule has 0 saturated heterocycles. The Morgan fingerprint density at radius 2 is 1.84 bits per heavy atom. The molecule has 0 radical (unpaired) electrons. The van der Waals surface area contributed by atoms with Crippen molar-refractivity contribution in [1.29, 1.82) is 0 Å². The van der Waals surface area contributed by atoms with Crippen LogP contribution in [0.1, 0.15) is 5.82 Å². The molecule has 4 rings (SSSR count). The molecular formula is C16H15N2O+. The second-order valence-electron chi connectivity index (χ2n) is 5.10. The van der Waals surface area contributed by atoms with E-state index in [4.69, 9.17) is 4.42 Å². The molecule has 4 aromatic rings. The van der Waals surface area contributed by atoms with Gasteiger partial charge < -0.3 is 4.42 Å². The lowest BCUT2D eigenvalue weighted by atomic mass is 10.1. The second kappa shape index (κ2) is 3.38. The molecule has 0 amide bonds. The number of furan rings is 1. The lowest BCUT2D eigenvalue weighted by molar-refractivity contribution is -0.652. The summed E-state index contributed by atoms with van der Waals surface area (Å²) in [5, 5.41) is 2.37. The van der Waals surface area contributed by atoms with Crippen molar-refractivity contribution in [3.8, 4) is 0 Å². The fraction of sp³-hybridized carbons (Fsp3) is 0.188. The number of aryl methyl sites for hydroxylation is 2. The van der Waals surface area contributed by atoms with Gasteiger partial charge in [0.2, 0.25) is 0 Å². The van der Waals surface area contributed by atoms with Crippen LogP contribution in [0.25, 0.3) is 33.0 Å². The number of hydrogen-bond acceptors (Lipinski definition) is 1. The first kappa shape index (κ1) is 10.6. The molecule has 3 nitrogen and oxygen atoms in total. The number of fused-ring (bicyclic) bond motifs is 4. The summed E-state index contributed by atoms with van der Waals surface area (Å²) < 4.78 is 10.4. The normalized spacial score (nSPS) is 11.9. The Morgan fingerprint density at radius 3 is 2.68 bits per heavy atom. The third-order valence-corrected chi connectivity index (χ3v) is 4.17. The van der Waals surface area contributed by atoms with Gasteiger partial charge in [0.15, 0.2) is 11.0 Å². The lowest BCUT2D eigenvalue weighted by Crippen LogP contribution is -2.30. The summed E-state index contributed by atoms with van der Waals surface area (Å²) in [6.07, 6.45) is 0. The van der Waals surface area contributed by atoms with Crippen LogP contribution >= 0.6 is 0 Å². The number of benzene rings is 2. The van der Waals surface area contributed by atoms with Gasteiger partial charge in [0, 0.05) is 29.8 Å². The Kier molecular flexibility index (Phi) is 1.89. The largest absolute Gasteiger partial charge is 0.456 e. The molecule has 2 aromatic carbocycles. The number of rotatable bonds is 0. The summed E-state index contributed by atoms with van der Waals surface area (Å²) in [5.41, 5.74) is 4.34. The molecule has 2 heterocycles. The van der Waals surface area contributed by atoms with E-state index < -0.39 is 0 Å². The average Bonchev–Trinajstić information content (AvgIpc) is 2.89. The second-order valence-corrected chi connectivity index (χ2v) is 5.10. The molecule has 0 aliphatic heterocycles. The minimum atomic E-state index is 0.951. The molecule has 0 aliphatic carbocycles. The minimum Gasteiger partial charge on any atom is -0.456 e. The van der Waals surface area contributed by atoms with E-state index in [0.29, 0.717) is 0 Å². The van der Waals surface area contributed by atoms with Crippen molar-refractivity contribution >= 4 is 33.0 Å². The Hall–Kier alpha value is -2.29. The maximum Gasteiger partial charge on any atom is 0.253 e. The number of imidazole rings is 1. The third-order valence-electron chi connectivity index (χ3n) is 4.17. The monoisotopic (exact) mass is 251 g/mol. The van der Waals surface area contributed by atoms with Gasteiger partial charge in [-0.3, -0.25) is 0 Å². The fourth-order valence-electron chi connectivity index (χ4n) is 2.86. The third kappa shape index (κ3) is 1.24. The molecule has 0 saturated carbocycles. The van der Waals surface area contributed by atoms with Crippen molar-refractivity contribution in [2.75, 3.05) is 0 Å². The maximum absolute atomic E-state index is 5.94. The Labute approximate surface area is 110 Å². The zero-order chi connectivity index (χ0) is 13.1. The van der Waals surface area contributed by atoms with Gasteiger partial charge in [0.05, 0.1) is 14.1 Å². The van der Waals surface area contributed by atoms with Gasteiger partial charge in [-0.1, -0.05) is 18.2 Å². The predicted octanol–water partition coefficient (Wildman–Crippen LogP) is 3.21. The lowest BCUT2D eigenvalue weighted by Gasteiger charge is -1.90. The molecule has 2 aromatic heterocycles. The molecule has 0 unspecified atom stereocenters. The number of hydrogen-bond donors (Lipinski definition) is 0. The van der Waals surface area contributed by atoms with Crippen LogP contribution in [0, 0.1) is 6.92 Å². The van der Waals surface area contributed by atoms with E-state index in [2.05, 4.69) is 54.4 Å². The minimum absolute atomic E-state index is 0.951. The van der Waals surface area contributed by atoms with Crippen molar-refractivity contribution < 1.29 is 8.98 Å². The van der Waals surface area contributed by atoms with Crippen LogP contribution in [0.4, 0.5) is 0 Å². The summed E-state index contributed by atoms with van der Waals surface area (Å²) in [6.45, 7) is 2.12. The van der Waals surface area contributed by atoms with E-state index >= 15 is 0 Å². The Bertz CT molecular complexity index is 944. The topological polar surface area (TPSA) is 21.9 Å². The first-order valence-corrected chi connectivity index (χ1v) is 6.43. The van der Waals surface area contributed by atoms with Gasteiger partial charge in [-0.2, -0.15) is 0 Å². The van der Waals surface area contributed by atoms with Crippen LogP contribution in [0.15, 0.2) is 40.8 Å². The van der Waals surface area contributed by atoms with E-state index in [1.54, 1.807) is 0 Å². The fourth-order valence-corrected chi connectivity index (χ4v) is 2.86. The standard InChI is InChI=1S/C16H15N2O/c1-10-17(2)13-8-12-11-6-4-5-7-15(11)19-16(12)9-14(13)18(10)3/h4-9H,1-3H3/q+1. The van der Waals surface area contributed by atoms with Crippen molar-refractivity contribution in [3.05, 3.63) is 42.2 Å². The number of para-hydroxylation sites is 1. The van der Waals surface area contributed by atoms with Crippen molar-refractivity contribution in [1.82, 2.24) is 4.57 Å². The quantitative estimate of drug-likeness (QED) is 0.440. The van der Waals surface area contributed by atoms with Gasteiger partial charge in [0.25, 0.3) is 5.82 Å². The zero-order valence-electron chi connectivity index (χ0n) is 11.3. The van der Waals surface area contributed by atoms with Crippen LogP contribution in [0.2, 0.25) is 0 Å². The van der Waals surface area contributed by atoms with Gasteiger partial charge in [-0.25, -0.2) is 9.13 Å². The van der Waals surface area contributed by atoms with Gasteiger partial charge in [0.1, 0.15) is 11.2 Å². The smallest absolute Gasteiger partial charge is 0.253 e. The highest BCUT2D eigenvalue weighted by Gasteiger charge is 2.19. The summed E-state index contributed by atoms with van der Waals surface area (Å²) in [7, 11) is 4.19. The van der Waals surface area contributed by atoms with Crippen LogP contribution in [0.3, 0.4) is 0 Å². The molecule has 0 aliphatic rings. The Balaban J connectivity index is 2.28. The van der Waals surface area contributed by atoms with Gasteiger partial charge >= 0.3 is 0 Å². The van der Waals surface area contributed by atoms with E-state index in [-0.39, 0.29) is 0 Å². The first-order chi connectivity index (χ1) is 9.16. The molecule has 0 spiro atoms. The summed E-state index contributed by atoms with van der Waals surface area (Å²) in [4.78, 5) is 0. The maximum atomic E-state index is 5.94. The van der Waals surface area contributed by atoms with E-state index in [9.17, 15) is 0 Å². The molecular weight excluding hydrogens is 236 g/mol. The number of nitrogens with zero attached hydrogens (tertiary/aromatic N) is 2. The molecule has 0 bridgehead atoms. The van der Waals surface area contributed by atoms with Gasteiger partial charge in [-0.05, 0) is 6.07 Å². The summed E-state index contributed by atoms with van der Waals surface area (Å²) >= 11 is 0. The van der Waals surface area contributed by atoms with Crippen LogP contribution in [-0.4, -0.2) is 4.57 Å². The van der Waals surface area contributed by atoms with Crippen LogP contribution in [0.5, 0.6) is 0 Å². The van der Waals surface area contributed by atoms with Gasteiger partial charge in [-0.15, -0.1) is 0 Å². The van der Waals surface area contributed by atoms with E-state index in [1.165, 1.54) is 27.6 Å². The molecule has 0 atom stereocenters. The Morgan fingerprint density at radius 1 is 1.05 bits per heavy atom. The van der Waals surface area contributed by atoms with E-state index in [0.717, 1.165) is 11.2 Å². The zero-order valence-corrected chi connectivity index (χ0v) is 11.3. The van der Waals surface area contributed by atoms with Crippen molar-refractivity contribution in [2.45, 2.75) is 6.92 Å². The number of aromatic nitrogens is 2. The molecule has 19 heavy (non-hydrogen) atoms. The van der Waals surface area contributed by atoms with Crippen molar-refractivity contribution in [3.63, 3.8) is 0 Å².